The Bertz CT molecular complexity index is 764. The number of hydrogen-bond acceptors (Lipinski definition) is 4. The van der Waals surface area contributed by atoms with E-state index in [-0.39, 0.29) is 12.5 Å². The highest BCUT2D eigenvalue weighted by Crippen LogP contribution is 2.47. The molecule has 126 valence electrons. The molecule has 1 amide bonds. The molecule has 0 radical (unpaired) electrons. The van der Waals surface area contributed by atoms with E-state index >= 15 is 0 Å². The summed E-state index contributed by atoms with van der Waals surface area (Å²) in [6, 6.07) is 9.72. The van der Waals surface area contributed by atoms with Gasteiger partial charge in [-0.1, -0.05) is 19.1 Å². The van der Waals surface area contributed by atoms with Gasteiger partial charge in [0.05, 0.1) is 6.21 Å². The van der Waals surface area contributed by atoms with Crippen LogP contribution in [0.4, 0.5) is 0 Å². The van der Waals surface area contributed by atoms with Gasteiger partial charge in [0.15, 0.2) is 6.61 Å². The minimum Gasteiger partial charge on any atom is -0.483 e. The quantitative estimate of drug-likeness (QED) is 0.652. The molecule has 1 saturated carbocycles. The predicted molar refractivity (Wildman–Crippen MR) is 92.4 cm³/mol. The first-order chi connectivity index (χ1) is 11.5. The molecule has 5 nitrogen and oxygen atoms in total. The normalized spacial score (nSPS) is 19.5. The average molecular weight is 326 g/mol. The zero-order valence-electron chi connectivity index (χ0n) is 14.2. The van der Waals surface area contributed by atoms with Gasteiger partial charge in [0.2, 0.25) is 0 Å². The van der Waals surface area contributed by atoms with Crippen LogP contribution < -0.4 is 10.2 Å². The summed E-state index contributed by atoms with van der Waals surface area (Å²) in [6.45, 7) is 6.05. The van der Waals surface area contributed by atoms with Gasteiger partial charge in [-0.2, -0.15) is 5.10 Å². The summed E-state index contributed by atoms with van der Waals surface area (Å²) in [5, 5.41) is 3.91. The molecule has 2 atom stereocenters. The fourth-order valence-electron chi connectivity index (χ4n) is 2.56. The number of nitrogens with zero attached hydrogens (tertiary/aromatic N) is 1. The largest absolute Gasteiger partial charge is 0.483 e. The lowest BCUT2D eigenvalue weighted by Crippen LogP contribution is -2.24. The van der Waals surface area contributed by atoms with Crippen LogP contribution in [0.15, 0.2) is 39.9 Å². The monoisotopic (exact) mass is 326 g/mol. The van der Waals surface area contributed by atoms with Crippen LogP contribution in [0, 0.1) is 19.8 Å². The van der Waals surface area contributed by atoms with Gasteiger partial charge in [0, 0.05) is 5.92 Å². The highest BCUT2D eigenvalue weighted by Gasteiger charge is 2.36. The number of benzene rings is 1. The van der Waals surface area contributed by atoms with Gasteiger partial charge in [-0.15, -0.1) is 0 Å². The number of rotatable bonds is 6. The Morgan fingerprint density at radius 3 is 2.92 bits per heavy atom. The first-order valence-corrected chi connectivity index (χ1v) is 8.14. The second-order valence-corrected chi connectivity index (χ2v) is 6.41. The highest BCUT2D eigenvalue weighted by atomic mass is 16.5. The van der Waals surface area contributed by atoms with Crippen LogP contribution in [0.2, 0.25) is 0 Å². The maximum absolute atomic E-state index is 11.8. The van der Waals surface area contributed by atoms with E-state index in [9.17, 15) is 4.79 Å². The SMILES string of the molecule is Cc1ccc(C)c(OCC(=O)N/N=C\c2ccc([C@@H]3C[C@@H]3C)o2)c1. The van der Waals surface area contributed by atoms with Crippen molar-refractivity contribution in [3.8, 4) is 5.75 Å². The zero-order chi connectivity index (χ0) is 17.1. The summed E-state index contributed by atoms with van der Waals surface area (Å²) in [4.78, 5) is 11.8. The minimum atomic E-state index is -0.310. The molecule has 0 aliphatic heterocycles. The smallest absolute Gasteiger partial charge is 0.277 e. The van der Waals surface area contributed by atoms with Crippen LogP contribution in [0.3, 0.4) is 0 Å². The van der Waals surface area contributed by atoms with Crippen molar-refractivity contribution in [2.75, 3.05) is 6.61 Å². The van der Waals surface area contributed by atoms with E-state index < -0.39 is 0 Å². The first-order valence-electron chi connectivity index (χ1n) is 8.14. The summed E-state index contributed by atoms with van der Waals surface area (Å²) in [6.07, 6.45) is 2.68. The lowest BCUT2D eigenvalue weighted by Gasteiger charge is -2.08. The standard InChI is InChI=1S/C19H22N2O3/c1-12-4-5-13(2)18(8-12)23-11-19(22)21-20-10-15-6-7-17(24-15)16-9-14(16)3/h4-8,10,14,16H,9,11H2,1-3H3,(H,21,22)/b20-10-/t14-,16+/m0/s1. The van der Waals surface area contributed by atoms with Crippen LogP contribution in [0.5, 0.6) is 5.75 Å². The van der Waals surface area contributed by atoms with Crippen molar-refractivity contribution in [3.05, 3.63) is 53.0 Å². The first kappa shape index (κ1) is 16.3. The van der Waals surface area contributed by atoms with Crippen molar-refractivity contribution >= 4 is 12.1 Å². The van der Waals surface area contributed by atoms with E-state index in [1.54, 1.807) is 0 Å². The van der Waals surface area contributed by atoms with E-state index in [0.29, 0.717) is 23.3 Å². The zero-order valence-corrected chi connectivity index (χ0v) is 14.2. The minimum absolute atomic E-state index is 0.0787. The second kappa shape index (κ2) is 6.91. The molecule has 2 aromatic rings. The van der Waals surface area contributed by atoms with Crippen molar-refractivity contribution in [1.29, 1.82) is 0 Å². The molecule has 1 aromatic heterocycles. The van der Waals surface area contributed by atoms with Crippen molar-refractivity contribution in [1.82, 2.24) is 5.43 Å². The third kappa shape index (κ3) is 4.04. The molecule has 0 spiro atoms. The van der Waals surface area contributed by atoms with Gasteiger partial charge in [-0.25, -0.2) is 5.43 Å². The Balaban J connectivity index is 1.46. The third-order valence-electron chi connectivity index (χ3n) is 4.21. The van der Waals surface area contributed by atoms with Crippen molar-refractivity contribution < 1.29 is 13.9 Å². The summed E-state index contributed by atoms with van der Waals surface area (Å²) >= 11 is 0. The fourth-order valence-corrected chi connectivity index (χ4v) is 2.56. The van der Waals surface area contributed by atoms with Gasteiger partial charge >= 0.3 is 0 Å². The van der Waals surface area contributed by atoms with Crippen LogP contribution in [0.1, 0.15) is 41.9 Å². The molecule has 1 aromatic carbocycles. The molecule has 0 bridgehead atoms. The Hall–Kier alpha value is -2.56. The molecule has 3 rings (SSSR count). The van der Waals surface area contributed by atoms with Gasteiger partial charge in [0.1, 0.15) is 17.3 Å². The molecule has 5 heteroatoms. The molecule has 1 aliphatic rings. The molecule has 0 saturated heterocycles. The Morgan fingerprint density at radius 1 is 1.38 bits per heavy atom. The lowest BCUT2D eigenvalue weighted by atomic mass is 10.1. The van der Waals surface area contributed by atoms with Gasteiger partial charge in [-0.05, 0) is 55.5 Å². The fraction of sp³-hybridized carbons (Fsp3) is 0.368. The number of carbonyl (C=O) groups is 1. The van der Waals surface area contributed by atoms with E-state index in [4.69, 9.17) is 9.15 Å². The molecule has 1 heterocycles. The Morgan fingerprint density at radius 2 is 2.17 bits per heavy atom. The third-order valence-corrected chi connectivity index (χ3v) is 4.21. The van der Waals surface area contributed by atoms with Crippen molar-refractivity contribution in [3.63, 3.8) is 0 Å². The van der Waals surface area contributed by atoms with E-state index in [1.165, 1.54) is 12.6 Å². The maximum Gasteiger partial charge on any atom is 0.277 e. The van der Waals surface area contributed by atoms with Crippen LogP contribution in [0.25, 0.3) is 0 Å². The number of hydrogen-bond donors (Lipinski definition) is 1. The summed E-state index contributed by atoms with van der Waals surface area (Å²) in [5.41, 5.74) is 4.53. The number of nitrogens with one attached hydrogen (secondary N) is 1. The average Bonchev–Trinajstić information content (AvgIpc) is 3.09. The molecule has 1 aliphatic carbocycles. The van der Waals surface area contributed by atoms with Gasteiger partial charge in [-0.3, -0.25) is 4.79 Å². The molecule has 24 heavy (non-hydrogen) atoms. The summed E-state index contributed by atoms with van der Waals surface area (Å²) in [7, 11) is 0. The number of furan rings is 1. The van der Waals surface area contributed by atoms with Gasteiger partial charge in [0.25, 0.3) is 5.91 Å². The number of hydrazone groups is 1. The predicted octanol–water partition coefficient (Wildman–Crippen LogP) is 3.55. The number of carbonyl (C=O) groups excluding carboxylic acids is 1. The number of ether oxygens (including phenoxy) is 1. The second-order valence-electron chi connectivity index (χ2n) is 6.41. The van der Waals surface area contributed by atoms with Crippen LogP contribution in [-0.2, 0) is 4.79 Å². The topological polar surface area (TPSA) is 63.8 Å². The lowest BCUT2D eigenvalue weighted by molar-refractivity contribution is -0.123. The molecule has 1 N–H and O–H groups in total. The molecular weight excluding hydrogens is 304 g/mol. The van der Waals surface area contributed by atoms with Gasteiger partial charge < -0.3 is 9.15 Å². The van der Waals surface area contributed by atoms with Crippen LogP contribution in [-0.4, -0.2) is 18.7 Å². The molecular formula is C19H22N2O3. The van der Waals surface area contributed by atoms with E-state index in [1.807, 2.05) is 44.2 Å². The van der Waals surface area contributed by atoms with Crippen molar-refractivity contribution in [2.45, 2.75) is 33.1 Å². The Kier molecular flexibility index (Phi) is 4.69. The summed E-state index contributed by atoms with van der Waals surface area (Å²) < 4.78 is 11.2. The molecule has 0 unspecified atom stereocenters. The summed E-state index contributed by atoms with van der Waals surface area (Å²) in [5.74, 6) is 3.27. The van der Waals surface area contributed by atoms with Crippen LogP contribution >= 0.6 is 0 Å². The molecule has 1 fully saturated rings. The highest BCUT2D eigenvalue weighted by molar-refractivity contribution is 5.81. The number of aryl methyl sites for hydroxylation is 2. The van der Waals surface area contributed by atoms with Crippen molar-refractivity contribution in [2.24, 2.45) is 11.0 Å². The van der Waals surface area contributed by atoms with E-state index in [0.717, 1.165) is 16.9 Å². The van der Waals surface area contributed by atoms with E-state index in [2.05, 4.69) is 17.5 Å². The number of amides is 1. The Labute approximate surface area is 141 Å². The maximum atomic E-state index is 11.8.